The molecule has 0 aromatic heterocycles. The predicted octanol–water partition coefficient (Wildman–Crippen LogP) is 5.25. The van der Waals surface area contributed by atoms with E-state index in [2.05, 4.69) is 10.6 Å². The molecule has 0 saturated heterocycles. The maximum atomic E-state index is 13.9. The molecule has 204 valence electrons. The fraction of sp³-hybridized carbons (Fsp3) is 0.344. The van der Waals surface area contributed by atoms with Crippen LogP contribution in [-0.4, -0.2) is 35.4 Å². The third kappa shape index (κ3) is 5.59. The van der Waals surface area contributed by atoms with Gasteiger partial charge in [-0.15, -0.1) is 0 Å². The van der Waals surface area contributed by atoms with Crippen LogP contribution in [0.4, 0.5) is 11.4 Å². The van der Waals surface area contributed by atoms with E-state index in [0.29, 0.717) is 22.7 Å². The number of hydrogen-bond donors (Lipinski definition) is 3. The zero-order valence-corrected chi connectivity index (χ0v) is 23.3. The van der Waals surface area contributed by atoms with Gasteiger partial charge in [-0.1, -0.05) is 36.4 Å². The minimum absolute atomic E-state index is 0.324. The summed E-state index contributed by atoms with van der Waals surface area (Å²) in [4.78, 5) is 41.3. The number of nitrogens with one attached hydrogen (secondary N) is 2. The van der Waals surface area contributed by atoms with Crippen LogP contribution in [0, 0.1) is 39.5 Å². The maximum Gasteiger partial charge on any atom is 0.235 e. The van der Waals surface area contributed by atoms with Crippen LogP contribution in [0.2, 0.25) is 0 Å². The summed E-state index contributed by atoms with van der Waals surface area (Å²) in [6.07, 6.45) is -0.324. The molecule has 0 bridgehead atoms. The Kier molecular flexibility index (Phi) is 7.93. The Morgan fingerprint density at radius 2 is 1.36 bits per heavy atom. The normalized spacial score (nSPS) is 22.7. The molecule has 7 heteroatoms. The smallest absolute Gasteiger partial charge is 0.235 e. The number of aliphatic hydroxyl groups is 1. The molecular weight excluding hydrogens is 492 g/mol. The van der Waals surface area contributed by atoms with Gasteiger partial charge in [-0.05, 0) is 86.7 Å². The molecule has 1 fully saturated rings. The molecule has 3 N–H and O–H groups in total. The van der Waals surface area contributed by atoms with E-state index in [1.807, 2.05) is 52.0 Å². The Balaban J connectivity index is 1.80. The molecule has 0 radical (unpaired) electrons. The second kappa shape index (κ2) is 11.0. The Morgan fingerprint density at radius 3 is 1.87 bits per heavy atom. The summed E-state index contributed by atoms with van der Waals surface area (Å²) in [6, 6.07) is 18.1. The van der Waals surface area contributed by atoms with E-state index in [0.717, 1.165) is 22.3 Å². The van der Waals surface area contributed by atoms with Crippen molar-refractivity contribution >= 4 is 29.0 Å². The molecule has 2 amide bonds. The zero-order valence-electron chi connectivity index (χ0n) is 23.3. The lowest BCUT2D eigenvalue weighted by atomic mass is 9.61. The summed E-state index contributed by atoms with van der Waals surface area (Å²) < 4.78 is 5.30. The largest absolute Gasteiger partial charge is 0.497 e. The number of ether oxygens (including phenoxy) is 1. The Morgan fingerprint density at radius 1 is 0.846 bits per heavy atom. The van der Waals surface area contributed by atoms with Gasteiger partial charge >= 0.3 is 0 Å². The first-order valence-electron chi connectivity index (χ1n) is 13.1. The highest BCUT2D eigenvalue weighted by atomic mass is 16.5. The van der Waals surface area contributed by atoms with Crippen LogP contribution in [-0.2, 0) is 14.4 Å². The summed E-state index contributed by atoms with van der Waals surface area (Å²) >= 11 is 0. The molecule has 3 aromatic carbocycles. The number of benzene rings is 3. The lowest BCUT2D eigenvalue weighted by Gasteiger charge is -2.44. The molecule has 1 aliphatic carbocycles. The highest BCUT2D eigenvalue weighted by Crippen LogP contribution is 2.47. The number of amides is 2. The van der Waals surface area contributed by atoms with Crippen molar-refractivity contribution < 1.29 is 24.2 Å². The van der Waals surface area contributed by atoms with E-state index in [-0.39, 0.29) is 6.42 Å². The van der Waals surface area contributed by atoms with Crippen LogP contribution in [0.3, 0.4) is 0 Å². The molecule has 3 aromatic rings. The fourth-order valence-corrected chi connectivity index (χ4v) is 5.51. The highest BCUT2D eigenvalue weighted by molar-refractivity contribution is 6.10. The summed E-state index contributed by atoms with van der Waals surface area (Å²) in [5.41, 5.74) is 3.95. The average molecular weight is 529 g/mol. The number of carbonyl (C=O) groups is 3. The van der Waals surface area contributed by atoms with Crippen LogP contribution in [0.25, 0.3) is 0 Å². The van der Waals surface area contributed by atoms with Crippen molar-refractivity contribution in [2.75, 3.05) is 17.7 Å². The van der Waals surface area contributed by atoms with Crippen molar-refractivity contribution in [1.29, 1.82) is 0 Å². The summed E-state index contributed by atoms with van der Waals surface area (Å²) in [5.74, 6) is -3.96. The predicted molar refractivity (Wildman–Crippen MR) is 152 cm³/mol. The lowest BCUT2D eigenvalue weighted by molar-refractivity contribution is -0.150. The monoisotopic (exact) mass is 528 g/mol. The number of aryl methyl sites for hydroxylation is 2. The van der Waals surface area contributed by atoms with Gasteiger partial charge in [-0.2, -0.15) is 0 Å². The Hall–Kier alpha value is -3.97. The first-order chi connectivity index (χ1) is 18.4. The van der Waals surface area contributed by atoms with E-state index >= 15 is 0 Å². The molecule has 4 rings (SSSR count). The van der Waals surface area contributed by atoms with Gasteiger partial charge in [0.1, 0.15) is 17.5 Å². The molecule has 1 saturated carbocycles. The van der Waals surface area contributed by atoms with Gasteiger partial charge in [0.25, 0.3) is 0 Å². The molecule has 0 heterocycles. The average Bonchev–Trinajstić information content (AvgIpc) is 2.88. The van der Waals surface area contributed by atoms with Crippen LogP contribution in [0.5, 0.6) is 5.75 Å². The number of ketones is 1. The van der Waals surface area contributed by atoms with E-state index in [1.165, 1.54) is 6.92 Å². The SMILES string of the molecule is COc1ccc(C2C(C(=O)Nc3cccc(C)c3C)C(=O)CC(C)(O)C2C(=O)Nc2cccc(C)c2C)cc1. The number of methoxy groups -OCH3 is 1. The molecule has 7 nitrogen and oxygen atoms in total. The summed E-state index contributed by atoms with van der Waals surface area (Å²) in [6.45, 7) is 9.21. The standard InChI is InChI=1S/C32H36N2O5/c1-18-9-7-11-24(20(18)3)33-30(36)28-26(35)17-32(5,38)29(27(28)22-13-15-23(39-6)16-14-22)31(37)34-25-12-8-10-19(2)21(25)4/h7-16,27-29,38H,17H2,1-6H3,(H,33,36)(H,34,37). The molecule has 4 atom stereocenters. The first kappa shape index (κ1) is 28.0. The van der Waals surface area contributed by atoms with Crippen molar-refractivity contribution in [1.82, 2.24) is 0 Å². The number of anilines is 2. The van der Waals surface area contributed by atoms with Gasteiger partial charge in [-0.25, -0.2) is 0 Å². The highest BCUT2D eigenvalue weighted by Gasteiger charge is 2.56. The summed E-state index contributed by atoms with van der Waals surface area (Å²) in [5, 5.41) is 17.4. The molecule has 0 aliphatic heterocycles. The van der Waals surface area contributed by atoms with Crippen LogP contribution in [0.15, 0.2) is 60.7 Å². The third-order valence-electron chi connectivity index (χ3n) is 8.06. The second-order valence-electron chi connectivity index (χ2n) is 10.7. The van der Waals surface area contributed by atoms with Crippen molar-refractivity contribution in [3.05, 3.63) is 88.5 Å². The zero-order chi connectivity index (χ0) is 28.5. The maximum absolute atomic E-state index is 13.9. The van der Waals surface area contributed by atoms with Gasteiger partial charge in [0.2, 0.25) is 11.8 Å². The molecule has 1 aliphatic rings. The van der Waals surface area contributed by atoms with Crippen molar-refractivity contribution in [3.8, 4) is 5.75 Å². The van der Waals surface area contributed by atoms with E-state index in [9.17, 15) is 19.5 Å². The van der Waals surface area contributed by atoms with Crippen LogP contribution in [0.1, 0.15) is 47.1 Å². The van der Waals surface area contributed by atoms with E-state index < -0.39 is 41.0 Å². The molecule has 4 unspecified atom stereocenters. The first-order valence-corrected chi connectivity index (χ1v) is 13.1. The van der Waals surface area contributed by atoms with Crippen molar-refractivity contribution in [2.45, 2.75) is 52.6 Å². The third-order valence-corrected chi connectivity index (χ3v) is 8.06. The van der Waals surface area contributed by atoms with Crippen LogP contribution >= 0.6 is 0 Å². The quantitative estimate of drug-likeness (QED) is 0.379. The van der Waals surface area contributed by atoms with Gasteiger partial charge in [0.15, 0.2) is 0 Å². The number of rotatable bonds is 6. The van der Waals surface area contributed by atoms with Gasteiger partial charge in [0, 0.05) is 23.7 Å². The minimum atomic E-state index is -1.68. The van der Waals surface area contributed by atoms with Gasteiger partial charge in [0.05, 0.1) is 18.6 Å². The fourth-order valence-electron chi connectivity index (χ4n) is 5.51. The van der Waals surface area contributed by atoms with E-state index in [4.69, 9.17) is 4.74 Å². The minimum Gasteiger partial charge on any atom is -0.497 e. The van der Waals surface area contributed by atoms with Gasteiger partial charge < -0.3 is 20.5 Å². The van der Waals surface area contributed by atoms with Crippen molar-refractivity contribution in [2.24, 2.45) is 11.8 Å². The molecule has 39 heavy (non-hydrogen) atoms. The number of carbonyl (C=O) groups excluding carboxylic acids is 3. The number of Topliss-reactive ketones (excluding diaryl/α,β-unsaturated/α-hetero) is 1. The van der Waals surface area contributed by atoms with Crippen molar-refractivity contribution in [3.63, 3.8) is 0 Å². The second-order valence-corrected chi connectivity index (χ2v) is 10.7. The summed E-state index contributed by atoms with van der Waals surface area (Å²) in [7, 11) is 1.55. The van der Waals surface area contributed by atoms with Gasteiger partial charge in [-0.3, -0.25) is 14.4 Å². The van der Waals surface area contributed by atoms with E-state index in [1.54, 1.807) is 43.5 Å². The molecular formula is C32H36N2O5. The topological polar surface area (TPSA) is 105 Å². The Bertz CT molecular complexity index is 1410. The molecule has 0 spiro atoms. The lowest BCUT2D eigenvalue weighted by Crippen LogP contribution is -2.56. The van der Waals surface area contributed by atoms with Crippen LogP contribution < -0.4 is 15.4 Å². The number of hydrogen-bond acceptors (Lipinski definition) is 5. The Labute approximate surface area is 229 Å².